The molecule has 0 spiro atoms. The summed E-state index contributed by atoms with van der Waals surface area (Å²) in [7, 11) is 0. The summed E-state index contributed by atoms with van der Waals surface area (Å²) in [5.74, 6) is -0.00615. The van der Waals surface area contributed by atoms with Crippen molar-refractivity contribution in [3.8, 4) is 0 Å². The molecule has 0 atom stereocenters. The van der Waals surface area contributed by atoms with E-state index in [1.807, 2.05) is 0 Å². The lowest BCUT2D eigenvalue weighted by atomic mass is 10.0. The minimum atomic E-state index is -0.00615. The van der Waals surface area contributed by atoms with Gasteiger partial charge in [-0.2, -0.15) is 0 Å². The predicted octanol–water partition coefficient (Wildman–Crippen LogP) is 6.80. The van der Waals surface area contributed by atoms with Crippen LogP contribution in [-0.4, -0.2) is 17.9 Å². The van der Waals surface area contributed by atoms with Crippen molar-refractivity contribution in [3.63, 3.8) is 0 Å². The van der Waals surface area contributed by atoms with Crippen LogP contribution in [0, 0.1) is 0 Å². The van der Waals surface area contributed by atoms with Gasteiger partial charge in [-0.1, -0.05) is 93.5 Å². The Labute approximate surface area is 146 Å². The number of alkyl halides is 1. The molecule has 0 aliphatic rings. The van der Waals surface area contributed by atoms with Crippen LogP contribution in [0.3, 0.4) is 0 Å². The third-order valence-electron chi connectivity index (χ3n) is 4.03. The number of ether oxygens (including phenoxy) is 1. The van der Waals surface area contributed by atoms with E-state index in [-0.39, 0.29) is 5.97 Å². The zero-order chi connectivity index (χ0) is 16.3. The van der Waals surface area contributed by atoms with Crippen molar-refractivity contribution in [2.24, 2.45) is 0 Å². The lowest BCUT2D eigenvalue weighted by Crippen LogP contribution is -2.05. The van der Waals surface area contributed by atoms with Crippen molar-refractivity contribution in [2.45, 2.75) is 103 Å². The van der Waals surface area contributed by atoms with E-state index in [0.29, 0.717) is 13.0 Å². The predicted molar refractivity (Wildman–Crippen MR) is 99.7 cm³/mol. The van der Waals surface area contributed by atoms with Gasteiger partial charge < -0.3 is 4.74 Å². The van der Waals surface area contributed by atoms with E-state index in [4.69, 9.17) is 4.74 Å². The van der Waals surface area contributed by atoms with E-state index in [1.165, 1.54) is 70.6 Å². The first-order chi connectivity index (χ1) is 10.8. The minimum absolute atomic E-state index is 0.00615. The molecule has 0 unspecified atom stereocenters. The third kappa shape index (κ3) is 18.0. The molecule has 0 heterocycles. The highest BCUT2D eigenvalue weighted by Crippen LogP contribution is 2.13. The van der Waals surface area contributed by atoms with Crippen LogP contribution in [0.15, 0.2) is 0 Å². The average Bonchev–Trinajstić information content (AvgIpc) is 2.52. The summed E-state index contributed by atoms with van der Waals surface area (Å²) in [5.41, 5.74) is 0. The summed E-state index contributed by atoms with van der Waals surface area (Å²) in [4.78, 5) is 11.4. The lowest BCUT2D eigenvalue weighted by molar-refractivity contribution is -0.143. The molecule has 0 saturated carbocycles. The molecule has 0 N–H and O–H groups in total. The van der Waals surface area contributed by atoms with Gasteiger partial charge in [0, 0.05) is 11.8 Å². The number of carbonyl (C=O) groups excluding carboxylic acids is 1. The van der Waals surface area contributed by atoms with E-state index >= 15 is 0 Å². The van der Waals surface area contributed by atoms with E-state index in [9.17, 15) is 4.79 Å². The van der Waals surface area contributed by atoms with Crippen LogP contribution in [0.1, 0.15) is 103 Å². The lowest BCUT2D eigenvalue weighted by Gasteiger charge is -2.04. The molecule has 0 aliphatic carbocycles. The first kappa shape index (κ1) is 21.9. The van der Waals surface area contributed by atoms with Crippen molar-refractivity contribution < 1.29 is 9.53 Å². The molecule has 2 nitrogen and oxygen atoms in total. The molecule has 0 aromatic carbocycles. The maximum atomic E-state index is 11.4. The Morgan fingerprint density at radius 2 is 1.18 bits per heavy atom. The van der Waals surface area contributed by atoms with Crippen molar-refractivity contribution in [1.82, 2.24) is 0 Å². The molecule has 0 saturated heterocycles. The number of hydrogen-bond acceptors (Lipinski definition) is 2. The second-order valence-corrected chi connectivity index (χ2v) is 7.05. The maximum Gasteiger partial charge on any atom is 0.305 e. The van der Waals surface area contributed by atoms with Crippen molar-refractivity contribution in [1.29, 1.82) is 0 Å². The highest BCUT2D eigenvalue weighted by atomic mass is 79.9. The number of esters is 1. The zero-order valence-corrected chi connectivity index (χ0v) is 16.3. The molecular formula is C19H37BrO2. The second kappa shape index (κ2) is 19.0. The fourth-order valence-corrected chi connectivity index (χ4v) is 2.93. The van der Waals surface area contributed by atoms with Crippen molar-refractivity contribution in [2.75, 3.05) is 11.9 Å². The zero-order valence-electron chi connectivity index (χ0n) is 14.7. The molecular weight excluding hydrogens is 340 g/mol. The van der Waals surface area contributed by atoms with Crippen LogP contribution >= 0.6 is 15.9 Å². The van der Waals surface area contributed by atoms with E-state index in [0.717, 1.165) is 24.6 Å². The molecule has 0 amide bonds. The fraction of sp³-hybridized carbons (Fsp3) is 0.947. The number of hydrogen-bond donors (Lipinski definition) is 0. The molecule has 0 bridgehead atoms. The van der Waals surface area contributed by atoms with Crippen LogP contribution in [0.4, 0.5) is 0 Å². The van der Waals surface area contributed by atoms with Gasteiger partial charge in [-0.25, -0.2) is 0 Å². The summed E-state index contributed by atoms with van der Waals surface area (Å²) in [6.07, 6.45) is 18.5. The summed E-state index contributed by atoms with van der Waals surface area (Å²) < 4.78 is 5.15. The second-order valence-electron chi connectivity index (χ2n) is 6.26. The van der Waals surface area contributed by atoms with Gasteiger partial charge in [-0.3, -0.25) is 4.79 Å². The maximum absolute atomic E-state index is 11.4. The molecule has 0 rings (SSSR count). The van der Waals surface area contributed by atoms with Gasteiger partial charge in [0.2, 0.25) is 0 Å². The quantitative estimate of drug-likeness (QED) is 0.158. The standard InChI is InChI=1S/C19H37BrO2/c1-2-3-18-22-19(21)16-14-12-10-8-6-4-5-7-9-11-13-15-17-20/h2-18H2,1H3. The van der Waals surface area contributed by atoms with Crippen molar-refractivity contribution in [3.05, 3.63) is 0 Å². The van der Waals surface area contributed by atoms with Crippen LogP contribution in [0.25, 0.3) is 0 Å². The Morgan fingerprint density at radius 3 is 1.64 bits per heavy atom. The molecule has 0 fully saturated rings. The van der Waals surface area contributed by atoms with E-state index in [2.05, 4.69) is 22.9 Å². The van der Waals surface area contributed by atoms with Gasteiger partial charge in [-0.15, -0.1) is 0 Å². The summed E-state index contributed by atoms with van der Waals surface area (Å²) in [6.45, 7) is 2.71. The highest BCUT2D eigenvalue weighted by Gasteiger charge is 2.01. The van der Waals surface area contributed by atoms with E-state index < -0.39 is 0 Å². The molecule has 0 radical (unpaired) electrons. The molecule has 0 aromatic rings. The fourth-order valence-electron chi connectivity index (χ4n) is 2.53. The minimum Gasteiger partial charge on any atom is -0.466 e. The average molecular weight is 377 g/mol. The number of unbranched alkanes of at least 4 members (excludes halogenated alkanes) is 12. The number of carbonyl (C=O) groups is 1. The molecule has 22 heavy (non-hydrogen) atoms. The van der Waals surface area contributed by atoms with Gasteiger partial charge in [-0.05, 0) is 19.3 Å². The Bertz CT molecular complexity index is 231. The first-order valence-corrected chi connectivity index (χ1v) is 10.6. The van der Waals surface area contributed by atoms with Crippen LogP contribution in [0.2, 0.25) is 0 Å². The molecule has 0 aliphatic heterocycles. The number of rotatable bonds is 17. The third-order valence-corrected chi connectivity index (χ3v) is 4.59. The summed E-state index contributed by atoms with van der Waals surface area (Å²) in [6, 6.07) is 0. The van der Waals surface area contributed by atoms with Crippen molar-refractivity contribution >= 4 is 21.9 Å². The Kier molecular flexibility index (Phi) is 19.0. The Balaban J connectivity index is 3.06. The van der Waals surface area contributed by atoms with Gasteiger partial charge >= 0.3 is 5.97 Å². The van der Waals surface area contributed by atoms with Gasteiger partial charge in [0.1, 0.15) is 0 Å². The van der Waals surface area contributed by atoms with Gasteiger partial charge in [0.15, 0.2) is 0 Å². The highest BCUT2D eigenvalue weighted by molar-refractivity contribution is 9.09. The summed E-state index contributed by atoms with van der Waals surface area (Å²) in [5, 5.41) is 1.16. The normalized spacial score (nSPS) is 10.8. The SMILES string of the molecule is CCCCOC(=O)CCCCCCCCCCCCCCBr. The first-order valence-electron chi connectivity index (χ1n) is 9.52. The smallest absolute Gasteiger partial charge is 0.305 e. The van der Waals surface area contributed by atoms with Crippen LogP contribution in [0.5, 0.6) is 0 Å². The Morgan fingerprint density at radius 1 is 0.727 bits per heavy atom. The van der Waals surface area contributed by atoms with Gasteiger partial charge in [0.05, 0.1) is 6.61 Å². The molecule has 132 valence electrons. The van der Waals surface area contributed by atoms with Gasteiger partial charge in [0.25, 0.3) is 0 Å². The van der Waals surface area contributed by atoms with Crippen LogP contribution < -0.4 is 0 Å². The topological polar surface area (TPSA) is 26.3 Å². The molecule has 3 heteroatoms. The van der Waals surface area contributed by atoms with Crippen LogP contribution in [-0.2, 0) is 9.53 Å². The largest absolute Gasteiger partial charge is 0.466 e. The van der Waals surface area contributed by atoms with E-state index in [1.54, 1.807) is 0 Å². The summed E-state index contributed by atoms with van der Waals surface area (Å²) >= 11 is 3.47. The monoisotopic (exact) mass is 376 g/mol. The molecule has 0 aromatic heterocycles. The Hall–Kier alpha value is -0.0500. The number of halogens is 1.